The molecule has 39 heavy (non-hydrogen) atoms. The molecule has 1 aliphatic heterocycles. The Labute approximate surface area is 226 Å². The summed E-state index contributed by atoms with van der Waals surface area (Å²) >= 11 is 0. The highest BCUT2D eigenvalue weighted by Crippen LogP contribution is 2.34. The van der Waals surface area contributed by atoms with Crippen LogP contribution in [-0.4, -0.2) is 58.5 Å². The number of likely N-dealkylation sites (tertiary alicyclic amines) is 1. The van der Waals surface area contributed by atoms with Gasteiger partial charge in [0.05, 0.1) is 41.6 Å². The molecule has 5 rings (SSSR count). The van der Waals surface area contributed by atoms with Crippen LogP contribution in [0, 0.1) is 5.82 Å². The lowest BCUT2D eigenvalue weighted by molar-refractivity contribution is -0.135. The molecule has 202 valence electrons. The van der Waals surface area contributed by atoms with Gasteiger partial charge in [0.1, 0.15) is 17.1 Å². The van der Waals surface area contributed by atoms with Gasteiger partial charge in [0.2, 0.25) is 5.91 Å². The monoisotopic (exact) mass is 529 g/mol. The van der Waals surface area contributed by atoms with Crippen molar-refractivity contribution in [2.24, 2.45) is 7.05 Å². The quantitative estimate of drug-likeness (QED) is 0.418. The summed E-state index contributed by atoms with van der Waals surface area (Å²) in [6, 6.07) is 6.02. The van der Waals surface area contributed by atoms with Crippen LogP contribution in [0.4, 0.5) is 4.39 Å². The van der Waals surface area contributed by atoms with Crippen LogP contribution in [0.3, 0.4) is 0 Å². The van der Waals surface area contributed by atoms with E-state index in [-0.39, 0.29) is 23.6 Å². The molecule has 0 radical (unpaired) electrons. The molecular weight excluding hydrogens is 497 g/mol. The first-order valence-electron chi connectivity index (χ1n) is 13.0. The van der Waals surface area contributed by atoms with Crippen molar-refractivity contribution in [3.05, 3.63) is 78.1 Å². The van der Waals surface area contributed by atoms with E-state index in [9.17, 15) is 14.3 Å². The predicted octanol–water partition coefficient (Wildman–Crippen LogP) is 3.82. The number of halogens is 1. The molecule has 1 fully saturated rings. The van der Waals surface area contributed by atoms with Crippen molar-refractivity contribution < 1.29 is 14.3 Å². The van der Waals surface area contributed by atoms with Crippen molar-refractivity contribution in [1.29, 1.82) is 0 Å². The van der Waals surface area contributed by atoms with Crippen molar-refractivity contribution in [2.75, 3.05) is 13.1 Å². The van der Waals surface area contributed by atoms with Gasteiger partial charge >= 0.3 is 0 Å². The summed E-state index contributed by atoms with van der Waals surface area (Å²) < 4.78 is 15.0. The number of piperidine rings is 1. The van der Waals surface area contributed by atoms with Gasteiger partial charge in [0, 0.05) is 49.7 Å². The van der Waals surface area contributed by atoms with Gasteiger partial charge in [-0.1, -0.05) is 20.8 Å². The minimum atomic E-state index is -1.14. The molecule has 10 heteroatoms. The normalized spacial score (nSPS) is 15.4. The zero-order valence-electron chi connectivity index (χ0n) is 22.6. The highest BCUT2D eigenvalue weighted by molar-refractivity contribution is 5.78. The Hall–Kier alpha value is -4.05. The molecule has 0 unspecified atom stereocenters. The Morgan fingerprint density at radius 3 is 2.23 bits per heavy atom. The number of hydrogen-bond acceptors (Lipinski definition) is 7. The van der Waals surface area contributed by atoms with Gasteiger partial charge < -0.3 is 14.6 Å². The Balaban J connectivity index is 1.21. The number of hydrogen-bond donors (Lipinski definition) is 1. The molecule has 1 aromatic carbocycles. The predicted molar refractivity (Wildman–Crippen MR) is 144 cm³/mol. The fourth-order valence-corrected chi connectivity index (χ4v) is 4.62. The lowest BCUT2D eigenvalue weighted by atomic mass is 9.88. The maximum absolute atomic E-state index is 13.2. The van der Waals surface area contributed by atoms with Crippen LogP contribution in [0.1, 0.15) is 50.7 Å². The number of nitrogens with zero attached hydrogens (tertiary/aromatic N) is 7. The third kappa shape index (κ3) is 5.70. The van der Waals surface area contributed by atoms with E-state index in [1.807, 2.05) is 17.8 Å². The van der Waals surface area contributed by atoms with Gasteiger partial charge in [-0.15, -0.1) is 0 Å². The highest BCUT2D eigenvalue weighted by atomic mass is 19.1. The van der Waals surface area contributed by atoms with Crippen molar-refractivity contribution in [1.82, 2.24) is 34.4 Å². The van der Waals surface area contributed by atoms with Crippen molar-refractivity contribution in [3.8, 4) is 22.8 Å². The zero-order chi connectivity index (χ0) is 27.8. The first kappa shape index (κ1) is 26.6. The van der Waals surface area contributed by atoms with E-state index in [4.69, 9.17) is 4.98 Å². The number of aliphatic hydroxyl groups is 1. The molecule has 0 saturated carbocycles. The molecule has 1 amide bonds. The molecule has 0 spiro atoms. The van der Waals surface area contributed by atoms with Crippen LogP contribution < -0.4 is 0 Å². The molecule has 1 saturated heterocycles. The second-order valence-electron chi connectivity index (χ2n) is 11.1. The van der Waals surface area contributed by atoms with E-state index in [2.05, 4.69) is 40.7 Å². The van der Waals surface area contributed by atoms with Crippen LogP contribution in [0.25, 0.3) is 22.8 Å². The summed E-state index contributed by atoms with van der Waals surface area (Å²) in [5, 5.41) is 11.4. The summed E-state index contributed by atoms with van der Waals surface area (Å²) in [5.74, 6) is 0.246. The molecular formula is C29H32FN7O2. The SMILES string of the molecule is Cn1cc(C2(O)CCN(C(=O)Cc3cnc(-c4ccc(F)cc4)cn3)CC2)nc1-c1cnc(C(C)(C)C)cn1. The Bertz CT molecular complexity index is 1450. The summed E-state index contributed by atoms with van der Waals surface area (Å²) in [7, 11) is 1.87. The summed E-state index contributed by atoms with van der Waals surface area (Å²) in [6.07, 6.45) is 9.33. The second kappa shape index (κ2) is 10.3. The standard InChI is InChI=1S/C29H32FN7O2/c1-28(2,3)24-17-33-23(16-34-24)27-35-25(18-36(27)4)29(39)9-11-37(12-10-29)26(38)13-21-14-32-22(15-31-21)19-5-7-20(30)8-6-19/h5-8,14-18,39H,9-13H2,1-4H3. The maximum atomic E-state index is 13.2. The van der Waals surface area contributed by atoms with Gasteiger partial charge in [-0.2, -0.15) is 0 Å². The summed E-state index contributed by atoms with van der Waals surface area (Å²) in [4.78, 5) is 37.2. The second-order valence-corrected chi connectivity index (χ2v) is 11.1. The molecule has 1 N–H and O–H groups in total. The minimum Gasteiger partial charge on any atom is -0.383 e. The summed E-state index contributed by atoms with van der Waals surface area (Å²) in [6.45, 7) is 7.06. The average Bonchev–Trinajstić information content (AvgIpc) is 3.32. The number of carbonyl (C=O) groups is 1. The number of imidazole rings is 1. The van der Waals surface area contributed by atoms with Crippen LogP contribution in [0.15, 0.2) is 55.2 Å². The first-order chi connectivity index (χ1) is 18.5. The van der Waals surface area contributed by atoms with E-state index in [1.165, 1.54) is 12.1 Å². The Morgan fingerprint density at radius 1 is 0.974 bits per heavy atom. The highest BCUT2D eigenvalue weighted by Gasteiger charge is 2.38. The van der Waals surface area contributed by atoms with Gasteiger partial charge in [-0.25, -0.2) is 14.4 Å². The molecule has 4 heterocycles. The van der Waals surface area contributed by atoms with Crippen LogP contribution in [-0.2, 0) is 29.3 Å². The van der Waals surface area contributed by atoms with Crippen LogP contribution in [0.2, 0.25) is 0 Å². The third-order valence-corrected chi connectivity index (χ3v) is 7.12. The zero-order valence-corrected chi connectivity index (χ0v) is 22.6. The van der Waals surface area contributed by atoms with Gasteiger partial charge in [-0.3, -0.25) is 19.7 Å². The minimum absolute atomic E-state index is 0.0724. The van der Waals surface area contributed by atoms with Gasteiger partial charge in [0.15, 0.2) is 5.82 Å². The number of rotatable bonds is 5. The number of amides is 1. The largest absolute Gasteiger partial charge is 0.383 e. The Kier molecular flexibility index (Phi) is 6.98. The lowest BCUT2D eigenvalue weighted by Crippen LogP contribution is -2.45. The number of benzene rings is 1. The number of aryl methyl sites for hydroxylation is 1. The lowest BCUT2D eigenvalue weighted by Gasteiger charge is -2.37. The smallest absolute Gasteiger partial charge is 0.228 e. The first-order valence-corrected chi connectivity index (χ1v) is 13.0. The van der Waals surface area contributed by atoms with Gasteiger partial charge in [0.25, 0.3) is 0 Å². The summed E-state index contributed by atoms with van der Waals surface area (Å²) in [5.41, 5.74) is 2.78. The van der Waals surface area contributed by atoms with E-state index < -0.39 is 5.60 Å². The van der Waals surface area contributed by atoms with Crippen molar-refractivity contribution in [2.45, 2.75) is 51.0 Å². The molecule has 0 aliphatic carbocycles. The fourth-order valence-electron chi connectivity index (χ4n) is 4.62. The van der Waals surface area contributed by atoms with Gasteiger partial charge in [-0.05, 0) is 37.1 Å². The molecule has 0 bridgehead atoms. The van der Waals surface area contributed by atoms with E-state index >= 15 is 0 Å². The molecule has 1 aliphatic rings. The molecule has 0 atom stereocenters. The average molecular weight is 530 g/mol. The molecule has 4 aromatic rings. The number of carbonyl (C=O) groups excluding carboxylic acids is 1. The van der Waals surface area contributed by atoms with Crippen molar-refractivity contribution in [3.63, 3.8) is 0 Å². The Morgan fingerprint density at radius 2 is 1.64 bits per heavy atom. The maximum Gasteiger partial charge on any atom is 0.228 e. The third-order valence-electron chi connectivity index (χ3n) is 7.12. The fraction of sp³-hybridized carbons (Fsp3) is 0.379. The van der Waals surface area contributed by atoms with Crippen LogP contribution in [0.5, 0.6) is 0 Å². The number of aromatic nitrogens is 6. The van der Waals surface area contributed by atoms with E-state index in [0.29, 0.717) is 54.5 Å². The van der Waals surface area contributed by atoms with Crippen molar-refractivity contribution >= 4 is 5.91 Å². The molecule has 3 aromatic heterocycles. The topological polar surface area (TPSA) is 110 Å². The van der Waals surface area contributed by atoms with E-state index in [0.717, 1.165) is 11.3 Å². The van der Waals surface area contributed by atoms with E-state index in [1.54, 1.807) is 41.8 Å². The molecule has 9 nitrogen and oxygen atoms in total. The van der Waals surface area contributed by atoms with Crippen LogP contribution >= 0.6 is 0 Å².